The van der Waals surface area contributed by atoms with Gasteiger partial charge in [0.2, 0.25) is 11.8 Å². The molecule has 0 aromatic heterocycles. The Morgan fingerprint density at radius 1 is 0.862 bits per heavy atom. The molecule has 3 aromatic carbocycles. The molecule has 0 spiro atoms. The summed E-state index contributed by atoms with van der Waals surface area (Å²) in [7, 11) is 0. The van der Waals surface area contributed by atoms with Crippen LogP contribution in [0.2, 0.25) is 5.02 Å². The average Bonchev–Trinajstić information content (AvgIpc) is 3.20. The van der Waals surface area contributed by atoms with Crippen LogP contribution in [-0.2, 0) is 9.59 Å². The Balaban J connectivity index is 0.842. The number of benzene rings is 3. The molecular weight excluding hydrogens is 761 g/mol. The van der Waals surface area contributed by atoms with E-state index in [0.29, 0.717) is 33.5 Å². The molecule has 58 heavy (non-hydrogen) atoms. The number of amides is 4. The van der Waals surface area contributed by atoms with Crippen LogP contribution in [0, 0.1) is 33.9 Å². The first-order chi connectivity index (χ1) is 27.6. The molecule has 7 rings (SSSR count). The lowest BCUT2D eigenvalue weighted by molar-refractivity contribution is -0.164. The first kappa shape index (κ1) is 41.0. The molecule has 3 saturated heterocycles. The van der Waals surface area contributed by atoms with E-state index in [-0.39, 0.29) is 53.2 Å². The van der Waals surface area contributed by atoms with Gasteiger partial charge in [-0.2, -0.15) is 5.26 Å². The van der Waals surface area contributed by atoms with E-state index in [1.54, 1.807) is 24.3 Å². The Bertz CT molecular complexity index is 2090. The topological polar surface area (TPSA) is 147 Å². The van der Waals surface area contributed by atoms with Crippen LogP contribution < -0.4 is 30.5 Å². The summed E-state index contributed by atoms with van der Waals surface area (Å²) in [4.78, 5) is 56.6. The van der Waals surface area contributed by atoms with Crippen LogP contribution in [0.1, 0.15) is 79.7 Å². The molecule has 0 radical (unpaired) electrons. The highest BCUT2D eigenvalue weighted by atomic mass is 35.5. The second-order valence-corrected chi connectivity index (χ2v) is 17.6. The van der Waals surface area contributed by atoms with Gasteiger partial charge in [0.15, 0.2) is 0 Å². The van der Waals surface area contributed by atoms with Crippen LogP contribution in [0.5, 0.6) is 5.75 Å². The van der Waals surface area contributed by atoms with E-state index in [0.717, 1.165) is 64.3 Å². The van der Waals surface area contributed by atoms with Gasteiger partial charge in [0.05, 0.1) is 16.1 Å². The zero-order chi connectivity index (χ0) is 41.4. The van der Waals surface area contributed by atoms with Gasteiger partial charge in [-0.05, 0) is 79.8 Å². The number of anilines is 2. The molecule has 4 amide bonds. The number of ether oxygens (including phenoxy) is 1. The lowest BCUT2D eigenvalue weighted by atomic mass is 9.49. The van der Waals surface area contributed by atoms with E-state index >= 15 is 4.39 Å². The van der Waals surface area contributed by atoms with E-state index in [4.69, 9.17) is 16.3 Å². The number of hydrogen-bond acceptors (Lipinski definition) is 9. The average molecular weight is 812 g/mol. The number of hydrogen-bond donors (Lipinski definition) is 3. The molecule has 3 heterocycles. The lowest BCUT2D eigenvalue weighted by Crippen LogP contribution is -2.74. The molecule has 1 atom stereocenters. The minimum atomic E-state index is -0.864. The first-order valence-corrected chi connectivity index (χ1v) is 20.5. The number of nitriles is 1. The van der Waals surface area contributed by atoms with Gasteiger partial charge in [-0.3, -0.25) is 29.4 Å². The third-order valence-electron chi connectivity index (χ3n) is 12.5. The number of halogens is 2. The largest absolute Gasteiger partial charge is 0.489 e. The fourth-order valence-corrected chi connectivity index (χ4v) is 9.73. The standard InChI is InChI=1S/C44H51ClFN7O5/c1-43(2)41(44(3,4)42(43)58-32-11-7-29(25-47)34(45)24-32)50-38(55)28-5-8-30(9-6-28)52-17-15-27(16-18-52)26-51-19-21-53(22-20-51)31-10-12-33(35(46)23-31)39(56)48-36-13-14-37(54)49-40(36)57/h5-12,23-24,27,36,41-42H,13-22,26H2,1-4H3,(H,48,56)(H,50,55)(H,49,54,57)/t36?,41-,42-. The van der Waals surface area contributed by atoms with Gasteiger partial charge >= 0.3 is 0 Å². The zero-order valence-electron chi connectivity index (χ0n) is 33.4. The molecular formula is C44H51ClFN7O5. The first-order valence-electron chi connectivity index (χ1n) is 20.1. The van der Waals surface area contributed by atoms with Gasteiger partial charge in [0.25, 0.3) is 11.8 Å². The molecule has 1 unspecified atom stereocenters. The summed E-state index contributed by atoms with van der Waals surface area (Å²) in [6.45, 7) is 14.5. The lowest BCUT2D eigenvalue weighted by Gasteiger charge is -2.63. The molecule has 1 saturated carbocycles. The fourth-order valence-electron chi connectivity index (χ4n) is 9.51. The highest BCUT2D eigenvalue weighted by Crippen LogP contribution is 2.55. The van der Waals surface area contributed by atoms with Crippen molar-refractivity contribution in [3.63, 3.8) is 0 Å². The SMILES string of the molecule is CC1(C)[C@H](NC(=O)c2ccc(N3CCC(CN4CCN(c5ccc(C(=O)NC6CCC(=O)NC6=O)c(F)c5)CC4)CC3)cc2)C(C)(C)[C@H]1Oc1ccc(C#N)c(Cl)c1. The van der Waals surface area contributed by atoms with Crippen LogP contribution >= 0.6 is 11.6 Å². The maximum atomic E-state index is 15.1. The summed E-state index contributed by atoms with van der Waals surface area (Å²) in [5.74, 6) is -1.23. The number of nitrogens with zero attached hydrogens (tertiary/aromatic N) is 4. The number of carbonyl (C=O) groups is 4. The van der Waals surface area contributed by atoms with Crippen molar-refractivity contribution >= 4 is 46.6 Å². The van der Waals surface area contributed by atoms with Crippen molar-refractivity contribution in [2.45, 2.75) is 71.6 Å². The summed E-state index contributed by atoms with van der Waals surface area (Å²) in [5.41, 5.74) is 1.99. The number of rotatable bonds is 10. The van der Waals surface area contributed by atoms with Gasteiger partial charge in [-0.25, -0.2) is 4.39 Å². The van der Waals surface area contributed by atoms with E-state index in [9.17, 15) is 24.4 Å². The van der Waals surface area contributed by atoms with Crippen LogP contribution in [0.25, 0.3) is 0 Å². The van der Waals surface area contributed by atoms with Crippen molar-refractivity contribution in [1.82, 2.24) is 20.9 Å². The minimum Gasteiger partial charge on any atom is -0.489 e. The summed E-state index contributed by atoms with van der Waals surface area (Å²) < 4.78 is 21.5. The third kappa shape index (κ3) is 8.50. The predicted molar refractivity (Wildman–Crippen MR) is 219 cm³/mol. The van der Waals surface area contributed by atoms with Gasteiger partial charge < -0.3 is 25.2 Å². The highest BCUT2D eigenvalue weighted by Gasteiger charge is 2.64. The number of piperazine rings is 1. The quantitative estimate of drug-likeness (QED) is 0.225. The Morgan fingerprint density at radius 2 is 1.52 bits per heavy atom. The molecule has 0 bridgehead atoms. The van der Waals surface area contributed by atoms with Crippen LogP contribution in [0.4, 0.5) is 15.8 Å². The molecule has 4 fully saturated rings. The summed E-state index contributed by atoms with van der Waals surface area (Å²) >= 11 is 6.25. The van der Waals surface area contributed by atoms with Gasteiger partial charge in [-0.1, -0.05) is 39.3 Å². The van der Waals surface area contributed by atoms with E-state index in [1.807, 2.05) is 24.3 Å². The number of nitrogens with one attached hydrogen (secondary N) is 3. The van der Waals surface area contributed by atoms with Crippen molar-refractivity contribution in [1.29, 1.82) is 5.26 Å². The molecule has 1 aliphatic carbocycles. The van der Waals surface area contributed by atoms with Crippen molar-refractivity contribution in [3.8, 4) is 11.8 Å². The monoisotopic (exact) mass is 811 g/mol. The molecule has 3 aromatic rings. The third-order valence-corrected chi connectivity index (χ3v) is 12.8. The molecule has 3 aliphatic heterocycles. The van der Waals surface area contributed by atoms with Crippen molar-refractivity contribution in [2.24, 2.45) is 16.7 Å². The van der Waals surface area contributed by atoms with Crippen molar-refractivity contribution < 1.29 is 28.3 Å². The van der Waals surface area contributed by atoms with Gasteiger partial charge in [0, 0.05) is 92.1 Å². The normalized spacial score (nSPS) is 23.3. The van der Waals surface area contributed by atoms with Crippen LogP contribution in [-0.4, -0.2) is 92.5 Å². The van der Waals surface area contributed by atoms with Gasteiger partial charge in [0.1, 0.15) is 29.8 Å². The Kier molecular flexibility index (Phi) is 11.7. The van der Waals surface area contributed by atoms with E-state index < -0.39 is 23.7 Å². The molecule has 4 aliphatic rings. The van der Waals surface area contributed by atoms with Crippen molar-refractivity contribution in [2.75, 3.05) is 55.6 Å². The smallest absolute Gasteiger partial charge is 0.254 e. The summed E-state index contributed by atoms with van der Waals surface area (Å²) in [6.07, 6.45) is 2.27. The molecule has 14 heteroatoms. The zero-order valence-corrected chi connectivity index (χ0v) is 34.2. The molecule has 12 nitrogen and oxygen atoms in total. The second-order valence-electron chi connectivity index (χ2n) is 17.2. The number of imide groups is 1. The highest BCUT2D eigenvalue weighted by molar-refractivity contribution is 6.31. The fraction of sp³-hybridized carbons (Fsp3) is 0.477. The number of carbonyl (C=O) groups excluding carboxylic acids is 4. The van der Waals surface area contributed by atoms with Crippen LogP contribution in [0.3, 0.4) is 0 Å². The predicted octanol–water partition coefficient (Wildman–Crippen LogP) is 5.54. The molecule has 3 N–H and O–H groups in total. The summed E-state index contributed by atoms with van der Waals surface area (Å²) in [5, 5.41) is 17.6. The maximum Gasteiger partial charge on any atom is 0.254 e. The Hall–Kier alpha value is -5.19. The Labute approximate surface area is 344 Å². The minimum absolute atomic E-state index is 0.118. The van der Waals surface area contributed by atoms with Crippen molar-refractivity contribution in [3.05, 3.63) is 88.2 Å². The Morgan fingerprint density at radius 3 is 2.14 bits per heavy atom. The van der Waals surface area contributed by atoms with Crippen LogP contribution in [0.15, 0.2) is 60.7 Å². The second kappa shape index (κ2) is 16.6. The van der Waals surface area contributed by atoms with E-state index in [1.165, 1.54) is 12.1 Å². The number of piperidine rings is 2. The van der Waals surface area contributed by atoms with Gasteiger partial charge in [-0.15, -0.1) is 0 Å². The maximum absolute atomic E-state index is 15.1. The molecule has 306 valence electrons. The van der Waals surface area contributed by atoms with E-state index in [2.05, 4.69) is 64.4 Å². The summed E-state index contributed by atoms with van der Waals surface area (Å²) in [6, 6.07) is 18.6.